The summed E-state index contributed by atoms with van der Waals surface area (Å²) in [4.78, 5) is 29.8. The number of benzene rings is 1. The number of aryl methyl sites for hydroxylation is 2. The van der Waals surface area contributed by atoms with Crippen molar-refractivity contribution in [2.45, 2.75) is 32.6 Å². The summed E-state index contributed by atoms with van der Waals surface area (Å²) in [6, 6.07) is 5.58. The lowest BCUT2D eigenvalue weighted by Gasteiger charge is -2.34. The monoisotopic (exact) mass is 386 g/mol. The van der Waals surface area contributed by atoms with Crippen molar-refractivity contribution in [3.63, 3.8) is 0 Å². The van der Waals surface area contributed by atoms with Gasteiger partial charge in [0.05, 0.1) is 12.0 Å². The third-order valence-electron chi connectivity index (χ3n) is 5.29. The summed E-state index contributed by atoms with van der Waals surface area (Å²) >= 11 is 1.62. The van der Waals surface area contributed by atoms with Crippen molar-refractivity contribution in [2.24, 2.45) is 0 Å². The van der Waals surface area contributed by atoms with Gasteiger partial charge in [-0.3, -0.25) is 9.59 Å². The molecule has 1 aliphatic heterocycles. The lowest BCUT2D eigenvalue weighted by Crippen LogP contribution is -2.51. The van der Waals surface area contributed by atoms with Crippen LogP contribution in [0.25, 0.3) is 0 Å². The highest BCUT2D eigenvalue weighted by Crippen LogP contribution is 2.31. The summed E-state index contributed by atoms with van der Waals surface area (Å²) in [5, 5.41) is 0. The van der Waals surface area contributed by atoms with E-state index in [0.29, 0.717) is 37.7 Å². The van der Waals surface area contributed by atoms with Gasteiger partial charge in [0, 0.05) is 31.1 Å². The molecule has 0 N–H and O–H groups in total. The largest absolute Gasteiger partial charge is 0.459 e. The number of piperazine rings is 1. The van der Waals surface area contributed by atoms with Gasteiger partial charge in [0.2, 0.25) is 5.91 Å². The molecule has 1 saturated heterocycles. The molecular weight excluding hydrogens is 360 g/mol. The van der Waals surface area contributed by atoms with Gasteiger partial charge >= 0.3 is 0 Å². The maximum Gasteiger partial charge on any atom is 0.289 e. The molecule has 0 bridgehead atoms. The first-order valence-electron chi connectivity index (χ1n) is 9.19. The van der Waals surface area contributed by atoms with E-state index in [1.165, 1.54) is 33.4 Å². The molecule has 144 valence electrons. The van der Waals surface area contributed by atoms with Crippen LogP contribution < -0.4 is 0 Å². The Labute approximate surface area is 164 Å². The van der Waals surface area contributed by atoms with E-state index < -0.39 is 0 Å². The number of hydrogen-bond acceptors (Lipinski definition) is 4. The SMILES string of the molecule is Cc1cc(C)c(C)c(SCC(=O)N2CCN(C(=O)c3ccco3)CC2)c1C. The van der Waals surface area contributed by atoms with Crippen LogP contribution >= 0.6 is 11.8 Å². The second-order valence-corrected chi connectivity index (χ2v) is 8.01. The smallest absolute Gasteiger partial charge is 0.289 e. The minimum atomic E-state index is -0.108. The number of rotatable bonds is 4. The third kappa shape index (κ3) is 4.21. The Morgan fingerprint density at radius 3 is 2.15 bits per heavy atom. The molecule has 5 nitrogen and oxygen atoms in total. The zero-order chi connectivity index (χ0) is 19.6. The summed E-state index contributed by atoms with van der Waals surface area (Å²) in [7, 11) is 0. The van der Waals surface area contributed by atoms with Crippen LogP contribution in [0.3, 0.4) is 0 Å². The van der Waals surface area contributed by atoms with Gasteiger partial charge in [0.15, 0.2) is 5.76 Å². The van der Waals surface area contributed by atoms with Crippen LogP contribution in [0.15, 0.2) is 33.8 Å². The molecule has 1 aliphatic rings. The first-order valence-corrected chi connectivity index (χ1v) is 10.2. The van der Waals surface area contributed by atoms with Crippen molar-refractivity contribution in [3.8, 4) is 0 Å². The zero-order valence-electron chi connectivity index (χ0n) is 16.4. The number of hydrogen-bond donors (Lipinski definition) is 0. The Morgan fingerprint density at radius 1 is 1.00 bits per heavy atom. The minimum Gasteiger partial charge on any atom is -0.459 e. The highest BCUT2D eigenvalue weighted by atomic mass is 32.2. The van der Waals surface area contributed by atoms with Crippen molar-refractivity contribution < 1.29 is 14.0 Å². The number of amides is 2. The molecule has 0 aliphatic carbocycles. The molecule has 1 aromatic carbocycles. The Bertz CT molecular complexity index is 811. The fraction of sp³-hybridized carbons (Fsp3) is 0.429. The molecule has 2 amide bonds. The van der Waals surface area contributed by atoms with Crippen LogP contribution in [0.5, 0.6) is 0 Å². The van der Waals surface area contributed by atoms with E-state index in [1.54, 1.807) is 28.8 Å². The van der Waals surface area contributed by atoms with E-state index in [0.717, 1.165) is 0 Å². The van der Waals surface area contributed by atoms with Gasteiger partial charge in [0.1, 0.15) is 0 Å². The summed E-state index contributed by atoms with van der Waals surface area (Å²) in [5.74, 6) is 0.800. The number of furan rings is 1. The van der Waals surface area contributed by atoms with E-state index in [4.69, 9.17) is 4.42 Å². The van der Waals surface area contributed by atoms with Crippen molar-refractivity contribution >= 4 is 23.6 Å². The van der Waals surface area contributed by atoms with E-state index in [-0.39, 0.29) is 11.8 Å². The maximum atomic E-state index is 12.7. The number of carbonyl (C=O) groups is 2. The predicted octanol–water partition coefficient (Wildman–Crippen LogP) is 3.59. The minimum absolute atomic E-state index is 0.108. The van der Waals surface area contributed by atoms with Crippen LogP contribution in [0.2, 0.25) is 0 Å². The molecule has 0 unspecified atom stereocenters. The zero-order valence-corrected chi connectivity index (χ0v) is 17.2. The Balaban J connectivity index is 1.56. The lowest BCUT2D eigenvalue weighted by atomic mass is 10.0. The summed E-state index contributed by atoms with van der Waals surface area (Å²) < 4.78 is 5.18. The van der Waals surface area contributed by atoms with Gasteiger partial charge in [0.25, 0.3) is 5.91 Å². The van der Waals surface area contributed by atoms with Crippen LogP contribution in [0, 0.1) is 27.7 Å². The molecular formula is C21H26N2O3S. The fourth-order valence-corrected chi connectivity index (χ4v) is 4.54. The van der Waals surface area contributed by atoms with Crippen molar-refractivity contribution in [3.05, 3.63) is 52.5 Å². The van der Waals surface area contributed by atoms with E-state index >= 15 is 0 Å². The summed E-state index contributed by atoms with van der Waals surface area (Å²) in [6.45, 7) is 10.7. The van der Waals surface area contributed by atoms with Gasteiger partial charge in [-0.15, -0.1) is 11.8 Å². The lowest BCUT2D eigenvalue weighted by molar-refractivity contribution is -0.129. The Hall–Kier alpha value is -2.21. The third-order valence-corrected chi connectivity index (χ3v) is 6.58. The van der Waals surface area contributed by atoms with Gasteiger partial charge in [-0.05, 0) is 62.1 Å². The van der Waals surface area contributed by atoms with Gasteiger partial charge in [-0.2, -0.15) is 0 Å². The number of nitrogens with zero attached hydrogens (tertiary/aromatic N) is 2. The molecule has 2 heterocycles. The molecule has 1 aromatic heterocycles. The molecule has 0 spiro atoms. The summed E-state index contributed by atoms with van der Waals surface area (Å²) in [6.07, 6.45) is 1.50. The van der Waals surface area contributed by atoms with Crippen molar-refractivity contribution in [1.82, 2.24) is 9.80 Å². The fourth-order valence-electron chi connectivity index (χ4n) is 3.34. The first kappa shape index (κ1) is 19.5. The highest BCUT2D eigenvalue weighted by molar-refractivity contribution is 8.00. The normalized spacial score (nSPS) is 14.5. The molecule has 0 radical (unpaired) electrons. The topological polar surface area (TPSA) is 53.8 Å². The predicted molar refractivity (Wildman–Crippen MR) is 107 cm³/mol. The molecule has 0 atom stereocenters. The highest BCUT2D eigenvalue weighted by Gasteiger charge is 2.26. The van der Waals surface area contributed by atoms with E-state index in [1.807, 2.05) is 4.90 Å². The standard InChI is InChI=1S/C21H26N2O3S/c1-14-12-15(2)17(4)20(16(14)3)27-13-19(24)22-7-9-23(10-8-22)21(25)18-6-5-11-26-18/h5-6,11-12H,7-10,13H2,1-4H3. The first-order chi connectivity index (χ1) is 12.9. The maximum absolute atomic E-state index is 12.7. The average Bonchev–Trinajstić information content (AvgIpc) is 3.20. The molecule has 2 aromatic rings. The number of carbonyl (C=O) groups excluding carboxylic acids is 2. The summed E-state index contributed by atoms with van der Waals surface area (Å²) in [5.41, 5.74) is 5.03. The van der Waals surface area contributed by atoms with Crippen LogP contribution in [0.1, 0.15) is 32.8 Å². The molecule has 6 heteroatoms. The molecule has 27 heavy (non-hydrogen) atoms. The van der Waals surface area contributed by atoms with Gasteiger partial charge in [-0.25, -0.2) is 0 Å². The molecule has 1 fully saturated rings. The molecule has 0 saturated carbocycles. The number of thioether (sulfide) groups is 1. The quantitative estimate of drug-likeness (QED) is 0.754. The van der Waals surface area contributed by atoms with Gasteiger partial charge in [-0.1, -0.05) is 6.07 Å². The average molecular weight is 387 g/mol. The Kier molecular flexibility index (Phi) is 5.95. The van der Waals surface area contributed by atoms with Crippen LogP contribution in [0.4, 0.5) is 0 Å². The van der Waals surface area contributed by atoms with Crippen LogP contribution in [-0.2, 0) is 4.79 Å². The van der Waals surface area contributed by atoms with Crippen molar-refractivity contribution in [1.29, 1.82) is 0 Å². The van der Waals surface area contributed by atoms with Crippen molar-refractivity contribution in [2.75, 3.05) is 31.9 Å². The van der Waals surface area contributed by atoms with E-state index in [2.05, 4.69) is 33.8 Å². The molecule has 3 rings (SSSR count). The Morgan fingerprint density at radius 2 is 1.59 bits per heavy atom. The van der Waals surface area contributed by atoms with Gasteiger partial charge < -0.3 is 14.2 Å². The second kappa shape index (κ2) is 8.21. The van der Waals surface area contributed by atoms with Crippen LogP contribution in [-0.4, -0.2) is 53.5 Å². The van der Waals surface area contributed by atoms with E-state index in [9.17, 15) is 9.59 Å². The second-order valence-electron chi connectivity index (χ2n) is 7.03.